The van der Waals surface area contributed by atoms with Crippen molar-refractivity contribution in [2.24, 2.45) is 0 Å². The molecular formula is C60H94N6O14S. The summed E-state index contributed by atoms with van der Waals surface area (Å²) in [5, 5.41) is 15.2. The molecule has 2 aromatic rings. The van der Waals surface area contributed by atoms with Crippen molar-refractivity contribution in [3.05, 3.63) is 59.7 Å². The van der Waals surface area contributed by atoms with E-state index in [2.05, 4.69) is 63.0 Å². The predicted octanol–water partition coefficient (Wildman–Crippen LogP) is 7.29. The van der Waals surface area contributed by atoms with Gasteiger partial charge in [0.25, 0.3) is 0 Å². The summed E-state index contributed by atoms with van der Waals surface area (Å²) < 4.78 is 50.3. The number of hydrogen-bond acceptors (Lipinski definition) is 15. The molecule has 2 saturated carbocycles. The van der Waals surface area contributed by atoms with E-state index in [1.54, 1.807) is 0 Å². The lowest BCUT2D eigenvalue weighted by atomic mass is 9.90. The molecule has 6 amide bonds. The number of ether oxygens (including phenoxy) is 9. The van der Waals surface area contributed by atoms with Crippen LogP contribution in [0.3, 0.4) is 0 Å². The lowest BCUT2D eigenvalue weighted by Crippen LogP contribution is -2.49. The molecule has 2 aliphatic carbocycles. The van der Waals surface area contributed by atoms with Gasteiger partial charge in [-0.1, -0.05) is 55.0 Å². The lowest BCUT2D eigenvalue weighted by molar-refractivity contribution is -0.122. The molecule has 5 atom stereocenters. The molecule has 5 N–H and O–H groups in total. The molecule has 21 heteroatoms. The smallest absolute Gasteiger partial charge is 0.410 e. The number of thioether (sulfide) groups is 1. The van der Waals surface area contributed by atoms with Gasteiger partial charge in [-0.2, -0.15) is 11.8 Å². The van der Waals surface area contributed by atoms with Gasteiger partial charge < -0.3 is 74.1 Å². The molecule has 4 aliphatic rings. The van der Waals surface area contributed by atoms with Gasteiger partial charge >= 0.3 is 18.2 Å². The van der Waals surface area contributed by atoms with E-state index >= 15 is 0 Å². The average molecular weight is 1160 g/mol. The number of aryl methyl sites for hydroxylation is 1. The number of benzene rings is 2. The van der Waals surface area contributed by atoms with Crippen molar-refractivity contribution in [2.75, 3.05) is 111 Å². The van der Waals surface area contributed by atoms with Crippen LogP contribution in [0.4, 0.5) is 14.4 Å². The van der Waals surface area contributed by atoms with Gasteiger partial charge in [0.2, 0.25) is 11.8 Å². The highest BCUT2D eigenvalue weighted by Gasteiger charge is 2.49. The van der Waals surface area contributed by atoms with Crippen LogP contribution in [-0.2, 0) is 58.6 Å². The summed E-state index contributed by atoms with van der Waals surface area (Å²) in [4.78, 5) is 64.4. The minimum atomic E-state index is -0.611. The highest BCUT2D eigenvalue weighted by atomic mass is 32.2. The van der Waals surface area contributed by atoms with Crippen LogP contribution in [0, 0.1) is 0 Å². The third-order valence-electron chi connectivity index (χ3n) is 14.2. The van der Waals surface area contributed by atoms with Gasteiger partial charge in [-0.25, -0.2) is 14.4 Å². The predicted molar refractivity (Wildman–Crippen MR) is 311 cm³/mol. The number of nitrogens with one attached hydrogen (secondary N) is 5. The third kappa shape index (κ3) is 25.3. The van der Waals surface area contributed by atoms with E-state index in [1.165, 1.54) is 5.56 Å². The fraction of sp³-hybridized carbons (Fsp3) is 0.717. The largest absolute Gasteiger partial charge is 0.444 e. The van der Waals surface area contributed by atoms with Crippen molar-refractivity contribution in [3.63, 3.8) is 0 Å². The molecule has 454 valence electrons. The third-order valence-corrected chi connectivity index (χ3v) is 15.7. The number of hydrogen-bond donors (Lipinski definition) is 5. The van der Waals surface area contributed by atoms with E-state index in [-0.39, 0.29) is 60.1 Å². The van der Waals surface area contributed by atoms with Crippen LogP contribution in [0.15, 0.2) is 48.5 Å². The Morgan fingerprint density at radius 2 is 1.17 bits per heavy atom. The van der Waals surface area contributed by atoms with E-state index in [0.717, 1.165) is 73.8 Å². The SMILES string of the molecule is CC(C)(C)OC(=O)N[C@H]1CC[C@H](N(C(=O)OC(C)(C)C)[C@@H]2C[C@H]2c2ccc(-c3cccc(CCC(=O)NCCOCCOCCOCCOCCOCCOCCOCCNC(=O)CCCC[C@@H]4SC[C@@H]5NC(=O)N[C@@H]54)c3)cc2)CC1. The summed E-state index contributed by atoms with van der Waals surface area (Å²) in [6.45, 7) is 18.4. The first-order chi connectivity index (χ1) is 39.0. The zero-order chi connectivity index (χ0) is 57.9. The van der Waals surface area contributed by atoms with Gasteiger partial charge in [0.1, 0.15) is 11.2 Å². The highest BCUT2D eigenvalue weighted by Crippen LogP contribution is 2.48. The second-order valence-electron chi connectivity index (χ2n) is 23.1. The molecule has 0 radical (unpaired) electrons. The summed E-state index contributed by atoms with van der Waals surface area (Å²) in [5.41, 5.74) is 3.28. The number of rotatable bonds is 37. The Morgan fingerprint density at radius 3 is 1.73 bits per heavy atom. The Hall–Kier alpha value is -4.74. The number of unbranched alkanes of at least 4 members (excludes halogenated alkanes) is 1. The summed E-state index contributed by atoms with van der Waals surface area (Å²) >= 11 is 1.90. The topological polar surface area (TPSA) is 232 Å². The van der Waals surface area contributed by atoms with Crippen LogP contribution in [0.2, 0.25) is 0 Å². The number of urea groups is 1. The fourth-order valence-corrected chi connectivity index (χ4v) is 11.7. The van der Waals surface area contributed by atoms with E-state index in [4.69, 9.17) is 42.6 Å². The quantitative estimate of drug-likeness (QED) is 0.0330. The molecule has 4 fully saturated rings. The monoisotopic (exact) mass is 1150 g/mol. The van der Waals surface area contributed by atoms with Crippen molar-refractivity contribution in [1.82, 2.24) is 31.5 Å². The fourth-order valence-electron chi connectivity index (χ4n) is 10.2. The Balaban J connectivity index is 0.695. The number of nitrogens with zero attached hydrogens (tertiary/aromatic N) is 1. The minimum absolute atomic E-state index is 0.0100. The Morgan fingerprint density at radius 1 is 0.630 bits per heavy atom. The van der Waals surface area contributed by atoms with Gasteiger partial charge in [0.15, 0.2) is 0 Å². The lowest BCUT2D eigenvalue weighted by Gasteiger charge is -2.38. The molecule has 6 rings (SSSR count). The van der Waals surface area contributed by atoms with Crippen LogP contribution < -0.4 is 26.6 Å². The van der Waals surface area contributed by atoms with Crippen molar-refractivity contribution in [2.45, 2.75) is 165 Å². The van der Waals surface area contributed by atoms with Gasteiger partial charge in [-0.15, -0.1) is 0 Å². The molecule has 2 aliphatic heterocycles. The van der Waals surface area contributed by atoms with Crippen LogP contribution in [0.25, 0.3) is 11.1 Å². The molecule has 2 heterocycles. The Kier molecular flexibility index (Phi) is 28.1. The van der Waals surface area contributed by atoms with Crippen molar-refractivity contribution in [3.8, 4) is 11.1 Å². The minimum Gasteiger partial charge on any atom is -0.444 e. The van der Waals surface area contributed by atoms with E-state index in [0.29, 0.717) is 130 Å². The highest BCUT2D eigenvalue weighted by molar-refractivity contribution is 8.00. The number of carbonyl (C=O) groups is 5. The van der Waals surface area contributed by atoms with Crippen molar-refractivity contribution >= 4 is 41.8 Å². The van der Waals surface area contributed by atoms with E-state index in [1.807, 2.05) is 70.3 Å². The first-order valence-electron chi connectivity index (χ1n) is 29.5. The summed E-state index contributed by atoms with van der Waals surface area (Å²) in [6, 6.07) is 17.4. The maximum Gasteiger partial charge on any atom is 0.410 e. The molecule has 0 unspecified atom stereocenters. The Labute approximate surface area is 484 Å². The average Bonchev–Trinajstić information content (AvgIpc) is 3.87. The molecule has 2 aromatic carbocycles. The first kappa shape index (κ1) is 65.4. The van der Waals surface area contributed by atoms with Gasteiger partial charge in [0, 0.05) is 61.0 Å². The number of fused-ring (bicyclic) bond motifs is 1. The zero-order valence-electron chi connectivity index (χ0n) is 49.0. The summed E-state index contributed by atoms with van der Waals surface area (Å²) in [7, 11) is 0. The van der Waals surface area contributed by atoms with Gasteiger partial charge in [-0.05, 0) is 115 Å². The maximum atomic E-state index is 13.7. The Bertz CT molecular complexity index is 2210. The zero-order valence-corrected chi connectivity index (χ0v) is 49.8. The van der Waals surface area contributed by atoms with E-state index in [9.17, 15) is 24.0 Å². The van der Waals surface area contributed by atoms with E-state index < -0.39 is 17.3 Å². The van der Waals surface area contributed by atoms with Crippen LogP contribution >= 0.6 is 11.8 Å². The molecule has 0 bridgehead atoms. The normalized spacial score (nSPS) is 21.4. The van der Waals surface area contributed by atoms with Gasteiger partial charge in [-0.3, -0.25) is 9.59 Å². The number of amides is 6. The van der Waals surface area contributed by atoms with Gasteiger partial charge in [0.05, 0.1) is 105 Å². The van der Waals surface area contributed by atoms with Crippen LogP contribution in [-0.4, -0.2) is 193 Å². The summed E-state index contributed by atoms with van der Waals surface area (Å²) in [6.07, 6.45) is 7.56. The van der Waals surface area contributed by atoms with Crippen molar-refractivity contribution in [1.29, 1.82) is 0 Å². The molecule has 2 saturated heterocycles. The maximum absolute atomic E-state index is 13.7. The molecule has 0 aromatic heterocycles. The molecule has 0 spiro atoms. The second kappa shape index (κ2) is 34.8. The molecule has 20 nitrogen and oxygen atoms in total. The summed E-state index contributed by atoms with van der Waals surface area (Å²) in [5.74, 6) is 1.17. The standard InChI is InChI=1S/C60H94N6O14S/c1-59(2,3)79-57(70)63-47-19-21-48(22-20-47)66(58(71)80-60(4,5)6)51-41-49(51)45-17-15-44(16-18-45)46-11-9-10-43(40-46)14-23-54(68)62-25-27-73-29-31-75-33-35-77-37-39-78-38-36-76-34-32-74-30-28-72-26-24-61-53(67)13-8-7-12-52-55-50(42-81-52)64-56(69)65-55/h9-11,15-18,40,47-52,55H,7-8,12-14,19-39,41-42H2,1-6H3,(H,61,67)(H,62,68)(H,63,70)(H2,64,65,69)/t47-,48-,49-,50-,51+,52-,55-/m0/s1. The second-order valence-corrected chi connectivity index (χ2v) is 24.4. The number of carbonyl (C=O) groups excluding carboxylic acids is 5. The molecular weight excluding hydrogens is 1060 g/mol. The molecule has 81 heavy (non-hydrogen) atoms. The van der Waals surface area contributed by atoms with Crippen LogP contribution in [0.1, 0.15) is 123 Å². The van der Waals surface area contributed by atoms with Crippen LogP contribution in [0.5, 0.6) is 0 Å². The van der Waals surface area contributed by atoms with Crippen molar-refractivity contribution < 1.29 is 66.6 Å². The number of alkyl carbamates (subject to hydrolysis) is 1. The first-order valence-corrected chi connectivity index (χ1v) is 30.5.